The molecule has 0 aromatic heterocycles. The van der Waals surface area contributed by atoms with E-state index in [1.165, 1.54) is 12.0 Å². The van der Waals surface area contributed by atoms with E-state index in [0.29, 0.717) is 6.04 Å². The number of methoxy groups -OCH3 is 1. The lowest BCUT2D eigenvalue weighted by Crippen LogP contribution is -2.26. The van der Waals surface area contributed by atoms with Crippen LogP contribution in [0.5, 0.6) is 5.75 Å². The maximum absolute atomic E-state index is 9.71. The van der Waals surface area contributed by atoms with Gasteiger partial charge in [-0.3, -0.25) is 4.90 Å². The molecule has 0 spiro atoms. The number of benzene rings is 1. The normalized spacial score (nSPS) is 25.5. The van der Waals surface area contributed by atoms with Gasteiger partial charge in [0, 0.05) is 24.7 Å². The maximum atomic E-state index is 9.71. The Morgan fingerprint density at radius 2 is 2.16 bits per heavy atom. The van der Waals surface area contributed by atoms with E-state index in [4.69, 9.17) is 4.74 Å². The van der Waals surface area contributed by atoms with E-state index < -0.39 is 6.10 Å². The van der Waals surface area contributed by atoms with Crippen molar-refractivity contribution in [2.24, 2.45) is 5.92 Å². The van der Waals surface area contributed by atoms with Crippen LogP contribution in [-0.2, 0) is 6.54 Å². The fourth-order valence-electron chi connectivity index (χ4n) is 3.01. The third-order valence-electron chi connectivity index (χ3n) is 4.07. The number of likely N-dealkylation sites (tertiary alicyclic amines) is 1. The third-order valence-corrected chi connectivity index (χ3v) is 4.07. The molecule has 2 rings (SSSR count). The summed E-state index contributed by atoms with van der Waals surface area (Å²) in [7, 11) is 1.71. The topological polar surface area (TPSA) is 32.7 Å². The predicted octanol–water partition coefficient (Wildman–Crippen LogP) is 2.98. The first-order chi connectivity index (χ1) is 9.01. The predicted molar refractivity (Wildman–Crippen MR) is 77.3 cm³/mol. The molecule has 1 aromatic rings. The smallest absolute Gasteiger partial charge is 0.123 e. The molecule has 3 heteroatoms. The van der Waals surface area contributed by atoms with Crippen LogP contribution in [0.3, 0.4) is 0 Å². The van der Waals surface area contributed by atoms with Gasteiger partial charge in [-0.1, -0.05) is 13.0 Å². The standard InChI is InChI=1S/C16H25NO2/c1-11-7-12(2)17(9-11)10-15-8-14(13(3)18)5-6-16(15)19-4/h5-6,8,11-13,18H,7,9-10H2,1-4H3. The summed E-state index contributed by atoms with van der Waals surface area (Å²) in [5.41, 5.74) is 2.12. The van der Waals surface area contributed by atoms with Crippen LogP contribution in [0.1, 0.15) is 44.4 Å². The summed E-state index contributed by atoms with van der Waals surface area (Å²) in [6.07, 6.45) is 0.831. The summed E-state index contributed by atoms with van der Waals surface area (Å²) in [4.78, 5) is 2.49. The van der Waals surface area contributed by atoms with E-state index in [-0.39, 0.29) is 0 Å². The van der Waals surface area contributed by atoms with Crippen LogP contribution in [0.15, 0.2) is 18.2 Å². The van der Waals surface area contributed by atoms with Crippen molar-refractivity contribution in [2.45, 2.75) is 45.9 Å². The maximum Gasteiger partial charge on any atom is 0.123 e. The molecule has 1 N–H and O–H groups in total. The lowest BCUT2D eigenvalue weighted by molar-refractivity contribution is 0.198. The van der Waals surface area contributed by atoms with Crippen molar-refractivity contribution in [3.63, 3.8) is 0 Å². The number of hydrogen-bond donors (Lipinski definition) is 1. The van der Waals surface area contributed by atoms with Gasteiger partial charge in [0.1, 0.15) is 5.75 Å². The molecule has 0 saturated carbocycles. The van der Waals surface area contributed by atoms with Crippen molar-refractivity contribution in [1.82, 2.24) is 4.90 Å². The second-order valence-corrected chi connectivity index (χ2v) is 5.87. The number of ether oxygens (including phenoxy) is 1. The minimum atomic E-state index is -0.431. The molecule has 0 bridgehead atoms. The fraction of sp³-hybridized carbons (Fsp3) is 0.625. The average Bonchev–Trinajstić information content (AvgIpc) is 2.67. The van der Waals surface area contributed by atoms with Gasteiger partial charge in [-0.05, 0) is 43.9 Å². The van der Waals surface area contributed by atoms with Crippen molar-refractivity contribution >= 4 is 0 Å². The molecule has 106 valence electrons. The van der Waals surface area contributed by atoms with Crippen molar-refractivity contribution in [2.75, 3.05) is 13.7 Å². The zero-order chi connectivity index (χ0) is 14.0. The number of aliphatic hydroxyl groups is 1. The Labute approximate surface area is 116 Å². The molecule has 3 unspecified atom stereocenters. The van der Waals surface area contributed by atoms with Crippen LogP contribution in [0.4, 0.5) is 0 Å². The summed E-state index contributed by atoms with van der Waals surface area (Å²) in [6, 6.07) is 6.58. The van der Waals surface area contributed by atoms with E-state index in [0.717, 1.165) is 30.3 Å². The van der Waals surface area contributed by atoms with Crippen LogP contribution in [0.2, 0.25) is 0 Å². The average molecular weight is 263 g/mol. The first-order valence-corrected chi connectivity index (χ1v) is 7.10. The largest absolute Gasteiger partial charge is 0.496 e. The minimum Gasteiger partial charge on any atom is -0.496 e. The molecule has 1 fully saturated rings. The summed E-state index contributed by atoms with van der Waals surface area (Å²) in [5, 5.41) is 9.71. The molecular weight excluding hydrogens is 238 g/mol. The van der Waals surface area contributed by atoms with E-state index in [1.54, 1.807) is 14.0 Å². The van der Waals surface area contributed by atoms with Gasteiger partial charge >= 0.3 is 0 Å². The fourth-order valence-corrected chi connectivity index (χ4v) is 3.01. The van der Waals surface area contributed by atoms with Gasteiger partial charge < -0.3 is 9.84 Å². The molecule has 1 saturated heterocycles. The number of hydrogen-bond acceptors (Lipinski definition) is 3. The van der Waals surface area contributed by atoms with E-state index in [2.05, 4.69) is 24.8 Å². The Kier molecular flexibility index (Phi) is 4.48. The van der Waals surface area contributed by atoms with Crippen molar-refractivity contribution < 1.29 is 9.84 Å². The van der Waals surface area contributed by atoms with Gasteiger partial charge in [-0.25, -0.2) is 0 Å². The molecular formula is C16H25NO2. The highest BCUT2D eigenvalue weighted by Gasteiger charge is 2.26. The summed E-state index contributed by atoms with van der Waals surface area (Å²) < 4.78 is 5.44. The molecule has 19 heavy (non-hydrogen) atoms. The molecule has 3 nitrogen and oxygen atoms in total. The second kappa shape index (κ2) is 5.93. The highest BCUT2D eigenvalue weighted by molar-refractivity contribution is 5.38. The monoisotopic (exact) mass is 263 g/mol. The molecule has 1 aromatic carbocycles. The number of aliphatic hydroxyl groups excluding tert-OH is 1. The lowest BCUT2D eigenvalue weighted by atomic mass is 10.1. The Morgan fingerprint density at radius 3 is 2.68 bits per heavy atom. The Bertz CT molecular complexity index is 431. The van der Waals surface area contributed by atoms with Crippen LogP contribution in [0.25, 0.3) is 0 Å². The van der Waals surface area contributed by atoms with E-state index >= 15 is 0 Å². The van der Waals surface area contributed by atoms with Crippen molar-refractivity contribution in [1.29, 1.82) is 0 Å². The van der Waals surface area contributed by atoms with Gasteiger partial charge in [-0.2, -0.15) is 0 Å². The number of rotatable bonds is 4. The number of nitrogens with zero attached hydrogens (tertiary/aromatic N) is 1. The zero-order valence-electron chi connectivity index (χ0n) is 12.4. The van der Waals surface area contributed by atoms with Gasteiger partial charge in [-0.15, -0.1) is 0 Å². The van der Waals surface area contributed by atoms with Gasteiger partial charge in [0.25, 0.3) is 0 Å². The summed E-state index contributed by atoms with van der Waals surface area (Å²) in [5.74, 6) is 1.68. The van der Waals surface area contributed by atoms with Gasteiger partial charge in [0.15, 0.2) is 0 Å². The lowest BCUT2D eigenvalue weighted by Gasteiger charge is -2.23. The third kappa shape index (κ3) is 3.28. The Morgan fingerprint density at radius 1 is 1.42 bits per heavy atom. The molecule has 0 amide bonds. The van der Waals surface area contributed by atoms with Gasteiger partial charge in [0.2, 0.25) is 0 Å². The Hall–Kier alpha value is -1.06. The second-order valence-electron chi connectivity index (χ2n) is 5.87. The molecule has 1 heterocycles. The quantitative estimate of drug-likeness (QED) is 0.906. The van der Waals surface area contributed by atoms with Crippen molar-refractivity contribution in [3.8, 4) is 5.75 Å². The van der Waals surface area contributed by atoms with Crippen LogP contribution in [-0.4, -0.2) is 29.7 Å². The first kappa shape index (κ1) is 14.4. The Balaban J connectivity index is 2.20. The van der Waals surface area contributed by atoms with Gasteiger partial charge in [0.05, 0.1) is 13.2 Å². The van der Waals surface area contributed by atoms with E-state index in [9.17, 15) is 5.11 Å². The highest BCUT2D eigenvalue weighted by atomic mass is 16.5. The van der Waals surface area contributed by atoms with Crippen LogP contribution in [0, 0.1) is 5.92 Å². The van der Waals surface area contributed by atoms with Crippen LogP contribution < -0.4 is 4.74 Å². The summed E-state index contributed by atoms with van der Waals surface area (Å²) in [6.45, 7) is 8.43. The SMILES string of the molecule is COc1ccc(C(C)O)cc1CN1CC(C)CC1C. The summed E-state index contributed by atoms with van der Waals surface area (Å²) >= 11 is 0. The van der Waals surface area contributed by atoms with Crippen LogP contribution >= 0.6 is 0 Å². The zero-order valence-corrected chi connectivity index (χ0v) is 12.4. The first-order valence-electron chi connectivity index (χ1n) is 7.10. The highest BCUT2D eigenvalue weighted by Crippen LogP contribution is 2.29. The van der Waals surface area contributed by atoms with Crippen molar-refractivity contribution in [3.05, 3.63) is 29.3 Å². The molecule has 1 aliphatic rings. The molecule has 0 radical (unpaired) electrons. The molecule has 0 aliphatic carbocycles. The van der Waals surface area contributed by atoms with E-state index in [1.807, 2.05) is 12.1 Å². The molecule has 1 aliphatic heterocycles. The minimum absolute atomic E-state index is 0.431. The molecule has 3 atom stereocenters.